The van der Waals surface area contributed by atoms with Gasteiger partial charge in [-0.05, 0) is 72.0 Å². The molecule has 3 aromatic rings. The number of fused-ring (bicyclic) bond motifs is 1. The predicted octanol–water partition coefficient (Wildman–Crippen LogP) is 4.55. The lowest BCUT2D eigenvalue weighted by Gasteiger charge is -2.43. The van der Waals surface area contributed by atoms with Crippen molar-refractivity contribution in [2.45, 2.75) is 57.5 Å². The molecule has 1 N–H and O–H groups in total. The van der Waals surface area contributed by atoms with E-state index < -0.39 is 8.32 Å². The van der Waals surface area contributed by atoms with Crippen molar-refractivity contribution in [3.8, 4) is 0 Å². The molecule has 182 valence electrons. The van der Waals surface area contributed by atoms with Gasteiger partial charge in [0.05, 0.1) is 0 Å². The van der Waals surface area contributed by atoms with Gasteiger partial charge in [-0.1, -0.05) is 80.6 Å². The van der Waals surface area contributed by atoms with Crippen molar-refractivity contribution >= 4 is 24.6 Å². The van der Waals surface area contributed by atoms with E-state index in [2.05, 4.69) is 48.0 Å². The van der Waals surface area contributed by atoms with Gasteiger partial charge in [0.25, 0.3) is 14.2 Å². The second kappa shape index (κ2) is 9.36. The smallest absolute Gasteiger partial charge is 0.272 e. The molecule has 0 unspecified atom stereocenters. The summed E-state index contributed by atoms with van der Waals surface area (Å²) in [6.45, 7) is 7.21. The number of nitrogens with zero attached hydrogens (tertiary/aromatic N) is 2. The number of carbonyl (C=O) groups is 1. The van der Waals surface area contributed by atoms with Crippen LogP contribution in [0.2, 0.25) is 5.04 Å². The standard InChI is InChI=1S/C30H36N2O2Si/c1-22-11-10-16-28(31-22)29(33)32-21-24-19-23(24)20-25(32)17-18-30(2,3)35(34,26-12-6-4-7-13-26)27-14-8-5-9-15-27/h4-16,23-25,34H,17-21H2,1-3H3/t23-,24+,25-/m1/s1. The SMILES string of the molecule is Cc1cccc(C(=O)N2C[C@@H]3C[C@@H]3C[C@H]2CCC(C)(C)[Si](O)(c2ccccc2)c2ccccc2)n1. The molecule has 1 saturated heterocycles. The average molecular weight is 485 g/mol. The van der Waals surface area contributed by atoms with Crippen LogP contribution in [0.25, 0.3) is 0 Å². The van der Waals surface area contributed by atoms with Gasteiger partial charge >= 0.3 is 0 Å². The first-order valence-corrected chi connectivity index (χ1v) is 14.8. The number of hydrogen-bond donors (Lipinski definition) is 1. The molecule has 1 aliphatic heterocycles. The van der Waals surface area contributed by atoms with E-state index >= 15 is 0 Å². The highest BCUT2D eigenvalue weighted by molar-refractivity contribution is 6.98. The minimum absolute atomic E-state index is 0.0560. The highest BCUT2D eigenvalue weighted by Gasteiger charge is 2.51. The summed E-state index contributed by atoms with van der Waals surface area (Å²) >= 11 is 0. The van der Waals surface area contributed by atoms with Crippen LogP contribution >= 0.6 is 0 Å². The Hall–Kier alpha value is -2.76. The third-order valence-electron chi connectivity index (χ3n) is 8.35. The summed E-state index contributed by atoms with van der Waals surface area (Å²) in [5.41, 5.74) is 1.42. The van der Waals surface area contributed by atoms with E-state index in [4.69, 9.17) is 0 Å². The van der Waals surface area contributed by atoms with Crippen molar-refractivity contribution < 1.29 is 9.59 Å². The number of amides is 1. The molecule has 0 radical (unpaired) electrons. The molecule has 1 saturated carbocycles. The fourth-order valence-corrected chi connectivity index (χ4v) is 9.80. The first-order valence-electron chi connectivity index (χ1n) is 12.9. The van der Waals surface area contributed by atoms with Gasteiger partial charge in [-0.2, -0.15) is 0 Å². The normalized spacial score (nSPS) is 21.9. The summed E-state index contributed by atoms with van der Waals surface area (Å²) in [4.78, 5) is 32.6. The number of aromatic nitrogens is 1. The Morgan fingerprint density at radius 2 is 1.57 bits per heavy atom. The molecule has 4 nitrogen and oxygen atoms in total. The molecule has 2 aromatic carbocycles. The highest BCUT2D eigenvalue weighted by atomic mass is 28.4. The van der Waals surface area contributed by atoms with E-state index in [1.807, 2.05) is 61.5 Å². The van der Waals surface area contributed by atoms with E-state index in [1.165, 1.54) is 6.42 Å². The summed E-state index contributed by atoms with van der Waals surface area (Å²) in [6.07, 6.45) is 4.04. The molecule has 2 fully saturated rings. The quantitative estimate of drug-likeness (QED) is 0.501. The summed E-state index contributed by atoms with van der Waals surface area (Å²) in [6, 6.07) is 26.3. The lowest BCUT2D eigenvalue weighted by molar-refractivity contribution is 0.0574. The lowest BCUT2D eigenvalue weighted by Crippen LogP contribution is -2.65. The van der Waals surface area contributed by atoms with Crippen LogP contribution < -0.4 is 10.4 Å². The van der Waals surface area contributed by atoms with Crippen LogP contribution in [0.15, 0.2) is 78.9 Å². The molecule has 2 aliphatic rings. The Kier molecular flexibility index (Phi) is 6.41. The molecule has 1 amide bonds. The Morgan fingerprint density at radius 1 is 0.943 bits per heavy atom. The van der Waals surface area contributed by atoms with Crippen molar-refractivity contribution in [1.82, 2.24) is 9.88 Å². The first-order chi connectivity index (χ1) is 16.8. The minimum Gasteiger partial charge on any atom is -0.424 e. The maximum Gasteiger partial charge on any atom is 0.272 e. The van der Waals surface area contributed by atoms with Gasteiger partial charge in [0.2, 0.25) is 0 Å². The average Bonchev–Trinajstić information content (AvgIpc) is 3.65. The van der Waals surface area contributed by atoms with Gasteiger partial charge in [0.15, 0.2) is 0 Å². The van der Waals surface area contributed by atoms with Gasteiger partial charge in [-0.25, -0.2) is 4.98 Å². The first kappa shape index (κ1) is 24.0. The van der Waals surface area contributed by atoms with Gasteiger partial charge in [0.1, 0.15) is 5.69 Å². The van der Waals surface area contributed by atoms with Crippen LogP contribution in [0.4, 0.5) is 0 Å². The number of likely N-dealkylation sites (tertiary alicyclic amines) is 1. The van der Waals surface area contributed by atoms with Crippen molar-refractivity contribution in [3.05, 3.63) is 90.3 Å². The molecular weight excluding hydrogens is 448 g/mol. The minimum atomic E-state index is -3.06. The highest BCUT2D eigenvalue weighted by Crippen LogP contribution is 2.49. The molecule has 1 aromatic heterocycles. The molecule has 1 aliphatic carbocycles. The summed E-state index contributed by atoms with van der Waals surface area (Å²) < 4.78 is 0. The summed E-state index contributed by atoms with van der Waals surface area (Å²) in [7, 11) is -3.06. The third-order valence-corrected chi connectivity index (χ3v) is 12.9. The predicted molar refractivity (Wildman–Crippen MR) is 143 cm³/mol. The van der Waals surface area contributed by atoms with E-state index in [9.17, 15) is 9.59 Å². The molecule has 2 heterocycles. The second-order valence-corrected chi connectivity index (χ2v) is 15.1. The zero-order chi connectivity index (χ0) is 24.6. The number of benzene rings is 2. The number of hydrogen-bond acceptors (Lipinski definition) is 3. The molecule has 5 rings (SSSR count). The maximum absolute atomic E-state index is 13.5. The van der Waals surface area contributed by atoms with E-state index in [0.29, 0.717) is 11.6 Å². The van der Waals surface area contributed by atoms with Crippen molar-refractivity contribution in [2.24, 2.45) is 11.8 Å². The molecule has 5 heteroatoms. The van der Waals surface area contributed by atoms with Crippen molar-refractivity contribution in [2.75, 3.05) is 6.54 Å². The maximum atomic E-state index is 13.5. The third kappa shape index (κ3) is 4.59. The van der Waals surface area contributed by atoms with Gasteiger partial charge in [0, 0.05) is 18.3 Å². The van der Waals surface area contributed by atoms with Crippen LogP contribution in [-0.2, 0) is 0 Å². The van der Waals surface area contributed by atoms with Gasteiger partial charge < -0.3 is 9.70 Å². The van der Waals surface area contributed by atoms with Crippen LogP contribution in [0, 0.1) is 18.8 Å². The van der Waals surface area contributed by atoms with Crippen LogP contribution in [0.3, 0.4) is 0 Å². The van der Waals surface area contributed by atoms with Crippen LogP contribution in [-0.4, -0.2) is 41.5 Å². The number of pyridine rings is 1. The topological polar surface area (TPSA) is 53.4 Å². The molecule has 0 spiro atoms. The fraction of sp³-hybridized carbons (Fsp3) is 0.400. The molecule has 35 heavy (non-hydrogen) atoms. The van der Waals surface area contributed by atoms with Gasteiger partial charge in [-0.3, -0.25) is 4.79 Å². The number of carbonyl (C=O) groups excluding carboxylic acids is 1. The van der Waals surface area contributed by atoms with E-state index in [1.54, 1.807) is 0 Å². The number of rotatable bonds is 7. The zero-order valence-corrected chi connectivity index (χ0v) is 22.0. The Morgan fingerprint density at radius 3 is 2.17 bits per heavy atom. The van der Waals surface area contributed by atoms with Crippen molar-refractivity contribution in [1.29, 1.82) is 0 Å². The number of aryl methyl sites for hydroxylation is 1. The Balaban J connectivity index is 1.41. The molecule has 3 atom stereocenters. The van der Waals surface area contributed by atoms with Crippen LogP contribution in [0.5, 0.6) is 0 Å². The monoisotopic (exact) mass is 484 g/mol. The van der Waals surface area contributed by atoms with Crippen LogP contribution in [0.1, 0.15) is 55.7 Å². The summed E-state index contributed by atoms with van der Waals surface area (Å²) in [5.74, 6) is 1.45. The van der Waals surface area contributed by atoms with Crippen molar-refractivity contribution in [3.63, 3.8) is 0 Å². The lowest BCUT2D eigenvalue weighted by atomic mass is 9.93. The Bertz CT molecular complexity index is 1140. The second-order valence-electron chi connectivity index (χ2n) is 11.1. The zero-order valence-electron chi connectivity index (χ0n) is 21.0. The molecule has 0 bridgehead atoms. The van der Waals surface area contributed by atoms with Gasteiger partial charge in [-0.15, -0.1) is 0 Å². The number of piperidine rings is 1. The largest absolute Gasteiger partial charge is 0.424 e. The summed E-state index contributed by atoms with van der Waals surface area (Å²) in [5, 5.41) is 1.77. The molecular formula is C30H36N2O2Si. The Labute approximate surface area is 210 Å². The fourth-order valence-electron chi connectivity index (χ4n) is 6.05. The van der Waals surface area contributed by atoms with E-state index in [-0.39, 0.29) is 17.0 Å². The van der Waals surface area contributed by atoms with E-state index in [0.717, 1.165) is 47.8 Å².